The molecule has 3 aromatic carbocycles. The van der Waals surface area contributed by atoms with E-state index in [9.17, 15) is 13.2 Å². The Bertz CT molecular complexity index is 1140. The number of anilines is 2. The lowest BCUT2D eigenvalue weighted by Crippen LogP contribution is -2.30. The van der Waals surface area contributed by atoms with Crippen LogP contribution in [0.25, 0.3) is 0 Å². The Morgan fingerprint density at radius 2 is 1.50 bits per heavy atom. The lowest BCUT2D eigenvalue weighted by molar-refractivity contribution is -0.122. The maximum absolute atomic E-state index is 12.6. The molecule has 156 valence electrons. The fourth-order valence-electron chi connectivity index (χ4n) is 2.83. The van der Waals surface area contributed by atoms with Crippen LogP contribution in [0, 0.1) is 13.8 Å². The lowest BCUT2D eigenvalue weighted by Gasteiger charge is -2.15. The van der Waals surface area contributed by atoms with Crippen LogP contribution < -0.4 is 14.8 Å². The number of rotatable bonds is 7. The largest absolute Gasteiger partial charge is 0.481 e. The number of ether oxygens (including phenoxy) is 1. The summed E-state index contributed by atoms with van der Waals surface area (Å²) in [6, 6.07) is 20.5. The van der Waals surface area contributed by atoms with Gasteiger partial charge in [-0.25, -0.2) is 8.42 Å². The van der Waals surface area contributed by atoms with Crippen molar-refractivity contribution in [1.82, 2.24) is 0 Å². The summed E-state index contributed by atoms with van der Waals surface area (Å²) < 4.78 is 33.3. The van der Waals surface area contributed by atoms with E-state index in [0.717, 1.165) is 11.1 Å². The zero-order valence-corrected chi connectivity index (χ0v) is 17.9. The predicted molar refractivity (Wildman–Crippen MR) is 118 cm³/mol. The number of hydrogen-bond acceptors (Lipinski definition) is 4. The van der Waals surface area contributed by atoms with Gasteiger partial charge in [0, 0.05) is 11.4 Å². The van der Waals surface area contributed by atoms with Crippen molar-refractivity contribution in [2.75, 3.05) is 10.0 Å². The first kappa shape index (κ1) is 21.4. The van der Waals surface area contributed by atoms with Gasteiger partial charge in [0.1, 0.15) is 5.75 Å². The summed E-state index contributed by atoms with van der Waals surface area (Å²) in [6.07, 6.45) is -0.710. The van der Waals surface area contributed by atoms with E-state index >= 15 is 0 Å². The van der Waals surface area contributed by atoms with Gasteiger partial charge in [0.2, 0.25) is 0 Å². The molecule has 6 nitrogen and oxygen atoms in total. The van der Waals surface area contributed by atoms with Gasteiger partial charge in [-0.2, -0.15) is 0 Å². The van der Waals surface area contributed by atoms with Gasteiger partial charge in [0.15, 0.2) is 6.10 Å². The van der Waals surface area contributed by atoms with Crippen LogP contribution in [0.1, 0.15) is 18.1 Å². The zero-order chi connectivity index (χ0) is 21.7. The number of carbonyl (C=O) groups is 1. The minimum atomic E-state index is -3.72. The van der Waals surface area contributed by atoms with Crippen LogP contribution in [0.15, 0.2) is 77.7 Å². The van der Waals surface area contributed by atoms with Crippen LogP contribution in [-0.2, 0) is 14.8 Å². The smallest absolute Gasteiger partial charge is 0.265 e. The van der Waals surface area contributed by atoms with Crippen molar-refractivity contribution in [1.29, 1.82) is 0 Å². The molecule has 30 heavy (non-hydrogen) atoms. The van der Waals surface area contributed by atoms with Gasteiger partial charge in [0.05, 0.1) is 4.90 Å². The molecule has 0 aliphatic carbocycles. The molecule has 2 N–H and O–H groups in total. The average Bonchev–Trinajstić information content (AvgIpc) is 2.68. The normalized spacial score (nSPS) is 12.1. The van der Waals surface area contributed by atoms with Crippen LogP contribution in [0.4, 0.5) is 11.4 Å². The molecule has 3 aromatic rings. The third-order valence-corrected chi connectivity index (χ3v) is 5.77. The third-order valence-electron chi connectivity index (χ3n) is 4.37. The monoisotopic (exact) mass is 424 g/mol. The van der Waals surface area contributed by atoms with Crippen molar-refractivity contribution in [2.45, 2.75) is 31.8 Å². The molecule has 0 aliphatic heterocycles. The molecule has 3 rings (SSSR count). The van der Waals surface area contributed by atoms with E-state index in [-0.39, 0.29) is 10.8 Å². The van der Waals surface area contributed by atoms with E-state index < -0.39 is 16.1 Å². The van der Waals surface area contributed by atoms with E-state index in [2.05, 4.69) is 10.0 Å². The number of carbonyl (C=O) groups excluding carboxylic acids is 1. The zero-order valence-electron chi connectivity index (χ0n) is 17.0. The number of aryl methyl sites for hydroxylation is 2. The van der Waals surface area contributed by atoms with Crippen molar-refractivity contribution in [3.05, 3.63) is 83.9 Å². The third kappa shape index (κ3) is 5.61. The van der Waals surface area contributed by atoms with Crippen LogP contribution in [-0.4, -0.2) is 20.4 Å². The standard InChI is InChI=1S/C23H24N2O4S/c1-16-6-4-8-20(14-16)25-30(27,28)22-12-10-19(11-13-22)24-23(26)18(3)29-21-9-5-7-17(2)15-21/h4-15,18,25H,1-3H3,(H,24,26)/t18-/m1/s1. The molecule has 0 saturated heterocycles. The number of sulfonamides is 1. The van der Waals surface area contributed by atoms with Crippen molar-refractivity contribution in [2.24, 2.45) is 0 Å². The SMILES string of the molecule is Cc1cccc(NS(=O)(=O)c2ccc(NC(=O)[C@@H](C)Oc3cccc(C)c3)cc2)c1. The minimum Gasteiger partial charge on any atom is -0.481 e. The summed E-state index contributed by atoms with van der Waals surface area (Å²) >= 11 is 0. The summed E-state index contributed by atoms with van der Waals surface area (Å²) in [5, 5.41) is 2.73. The summed E-state index contributed by atoms with van der Waals surface area (Å²) in [5.74, 6) is 0.284. The first-order valence-corrected chi connectivity index (χ1v) is 10.9. The molecule has 0 radical (unpaired) electrons. The summed E-state index contributed by atoms with van der Waals surface area (Å²) in [6.45, 7) is 5.49. The quantitative estimate of drug-likeness (QED) is 0.584. The maximum atomic E-state index is 12.6. The highest BCUT2D eigenvalue weighted by atomic mass is 32.2. The Morgan fingerprint density at radius 3 is 2.13 bits per heavy atom. The van der Waals surface area contributed by atoms with Crippen molar-refractivity contribution >= 4 is 27.3 Å². The number of nitrogens with one attached hydrogen (secondary N) is 2. The predicted octanol–water partition coefficient (Wildman–Crippen LogP) is 4.51. The first-order valence-electron chi connectivity index (χ1n) is 9.47. The molecule has 0 heterocycles. The minimum absolute atomic E-state index is 0.103. The Kier molecular flexibility index (Phi) is 6.42. The average molecular weight is 425 g/mol. The van der Waals surface area contributed by atoms with Gasteiger partial charge in [-0.3, -0.25) is 9.52 Å². The second kappa shape index (κ2) is 9.00. The molecule has 0 bridgehead atoms. The highest BCUT2D eigenvalue weighted by Crippen LogP contribution is 2.20. The van der Waals surface area contributed by atoms with Crippen LogP contribution in [0.5, 0.6) is 5.75 Å². The summed E-state index contributed by atoms with van der Waals surface area (Å²) in [5.41, 5.74) is 2.97. The van der Waals surface area contributed by atoms with Crippen molar-refractivity contribution in [3.63, 3.8) is 0 Å². The van der Waals surface area contributed by atoms with Crippen molar-refractivity contribution < 1.29 is 17.9 Å². The second-order valence-electron chi connectivity index (χ2n) is 7.07. The van der Waals surface area contributed by atoms with E-state index in [4.69, 9.17) is 4.74 Å². The van der Waals surface area contributed by atoms with E-state index in [1.165, 1.54) is 12.1 Å². The first-order chi connectivity index (χ1) is 14.2. The molecule has 0 saturated carbocycles. The number of hydrogen-bond donors (Lipinski definition) is 2. The second-order valence-corrected chi connectivity index (χ2v) is 8.75. The highest BCUT2D eigenvalue weighted by Gasteiger charge is 2.17. The molecule has 7 heteroatoms. The number of amides is 1. The Hall–Kier alpha value is -3.32. The Labute approximate surface area is 177 Å². The van der Waals surface area contributed by atoms with Gasteiger partial charge in [0.25, 0.3) is 15.9 Å². The van der Waals surface area contributed by atoms with Gasteiger partial charge in [-0.05, 0) is 80.4 Å². The van der Waals surface area contributed by atoms with E-state index in [1.54, 1.807) is 43.3 Å². The summed E-state index contributed by atoms with van der Waals surface area (Å²) in [7, 11) is -3.72. The van der Waals surface area contributed by atoms with Gasteiger partial charge in [-0.15, -0.1) is 0 Å². The van der Waals surface area contributed by atoms with Gasteiger partial charge < -0.3 is 10.1 Å². The maximum Gasteiger partial charge on any atom is 0.265 e. The topological polar surface area (TPSA) is 84.5 Å². The summed E-state index contributed by atoms with van der Waals surface area (Å²) in [4.78, 5) is 12.5. The lowest BCUT2D eigenvalue weighted by atomic mass is 10.2. The fraction of sp³-hybridized carbons (Fsp3) is 0.174. The molecule has 0 aliphatic rings. The van der Waals surface area contributed by atoms with E-state index in [1.807, 2.05) is 38.1 Å². The van der Waals surface area contributed by atoms with Crippen molar-refractivity contribution in [3.8, 4) is 5.75 Å². The Balaban J connectivity index is 1.64. The molecule has 0 fully saturated rings. The van der Waals surface area contributed by atoms with E-state index in [0.29, 0.717) is 17.1 Å². The molecule has 0 aromatic heterocycles. The Morgan fingerprint density at radius 1 is 0.867 bits per heavy atom. The van der Waals surface area contributed by atoms with Crippen LogP contribution in [0.3, 0.4) is 0 Å². The highest BCUT2D eigenvalue weighted by molar-refractivity contribution is 7.92. The van der Waals surface area contributed by atoms with Crippen LogP contribution >= 0.6 is 0 Å². The molecular formula is C23H24N2O4S. The van der Waals surface area contributed by atoms with Gasteiger partial charge in [-0.1, -0.05) is 24.3 Å². The molecule has 0 unspecified atom stereocenters. The fourth-order valence-corrected chi connectivity index (χ4v) is 3.88. The van der Waals surface area contributed by atoms with Crippen LogP contribution in [0.2, 0.25) is 0 Å². The molecule has 0 spiro atoms. The van der Waals surface area contributed by atoms with Gasteiger partial charge >= 0.3 is 0 Å². The molecule has 1 atom stereocenters. The molecular weight excluding hydrogens is 400 g/mol. The number of benzene rings is 3. The molecule has 1 amide bonds.